The van der Waals surface area contributed by atoms with E-state index in [0.717, 1.165) is 12.0 Å². The normalized spacial score (nSPS) is 12.4. The minimum absolute atomic E-state index is 0.0673. The molecule has 0 aliphatic carbocycles. The van der Waals surface area contributed by atoms with E-state index in [9.17, 15) is 4.79 Å². The van der Waals surface area contributed by atoms with Gasteiger partial charge in [0.25, 0.3) is 5.91 Å². The fraction of sp³-hybridized carbons (Fsp3) is 0.455. The predicted molar refractivity (Wildman–Crippen MR) is 64.8 cm³/mol. The molecule has 1 atom stereocenters. The van der Waals surface area contributed by atoms with Crippen molar-refractivity contribution in [3.8, 4) is 0 Å². The van der Waals surface area contributed by atoms with Gasteiger partial charge in [-0.05, 0) is 13.3 Å². The van der Waals surface area contributed by atoms with E-state index in [0.29, 0.717) is 11.4 Å². The first kappa shape index (κ1) is 12.3. The van der Waals surface area contributed by atoms with Gasteiger partial charge in [0.15, 0.2) is 5.69 Å². The topological polar surface area (TPSA) is 88.5 Å². The molecule has 96 valence electrons. The number of carbonyl (C=O) groups excluding carboxylic acids is 1. The third kappa shape index (κ3) is 2.39. The molecule has 0 fully saturated rings. The lowest BCUT2D eigenvalue weighted by molar-refractivity contribution is 0.0930. The quantitative estimate of drug-likeness (QED) is 0.834. The number of hydrogen-bond acceptors (Lipinski definition) is 4. The van der Waals surface area contributed by atoms with E-state index in [1.54, 1.807) is 17.8 Å². The maximum atomic E-state index is 12.0. The lowest BCUT2D eigenvalue weighted by atomic mass is 10.1. The summed E-state index contributed by atoms with van der Waals surface area (Å²) in [6.07, 6.45) is 4.43. The largest absolute Gasteiger partial charge is 0.344 e. The van der Waals surface area contributed by atoms with Crippen molar-refractivity contribution in [1.82, 2.24) is 30.5 Å². The first-order valence-electron chi connectivity index (χ1n) is 5.78. The van der Waals surface area contributed by atoms with Gasteiger partial charge in [0.1, 0.15) is 0 Å². The smallest absolute Gasteiger partial charge is 0.274 e. The van der Waals surface area contributed by atoms with Crippen molar-refractivity contribution in [2.45, 2.75) is 26.3 Å². The summed E-state index contributed by atoms with van der Waals surface area (Å²) in [5, 5.41) is 17.1. The number of aromatic amines is 1. The van der Waals surface area contributed by atoms with Crippen LogP contribution in [0.3, 0.4) is 0 Å². The number of rotatable bonds is 4. The van der Waals surface area contributed by atoms with Gasteiger partial charge >= 0.3 is 0 Å². The highest BCUT2D eigenvalue weighted by Crippen LogP contribution is 2.16. The molecule has 0 aromatic carbocycles. The van der Waals surface area contributed by atoms with Crippen LogP contribution in [0.1, 0.15) is 41.1 Å². The Balaban J connectivity index is 2.12. The van der Waals surface area contributed by atoms with Gasteiger partial charge in [-0.2, -0.15) is 20.5 Å². The average Bonchev–Trinajstić information content (AvgIpc) is 2.94. The average molecular weight is 248 g/mol. The van der Waals surface area contributed by atoms with Crippen molar-refractivity contribution < 1.29 is 4.79 Å². The maximum Gasteiger partial charge on any atom is 0.274 e. The van der Waals surface area contributed by atoms with Crippen LogP contribution in [0.2, 0.25) is 0 Å². The van der Waals surface area contributed by atoms with Gasteiger partial charge < -0.3 is 5.32 Å². The molecule has 0 bridgehead atoms. The Hall–Kier alpha value is -2.18. The van der Waals surface area contributed by atoms with Crippen LogP contribution in [0, 0.1) is 6.92 Å². The number of aryl methyl sites for hydroxylation is 2. The van der Waals surface area contributed by atoms with Crippen molar-refractivity contribution in [3.63, 3.8) is 0 Å². The molecular formula is C11H16N6O. The van der Waals surface area contributed by atoms with E-state index in [1.807, 2.05) is 20.2 Å². The molecule has 0 saturated carbocycles. The van der Waals surface area contributed by atoms with Crippen LogP contribution in [0.5, 0.6) is 0 Å². The van der Waals surface area contributed by atoms with Crippen LogP contribution < -0.4 is 5.32 Å². The molecule has 1 amide bonds. The van der Waals surface area contributed by atoms with E-state index in [4.69, 9.17) is 0 Å². The van der Waals surface area contributed by atoms with E-state index >= 15 is 0 Å². The molecule has 0 aliphatic rings. The Labute approximate surface area is 105 Å². The molecule has 2 rings (SSSR count). The maximum absolute atomic E-state index is 12.0. The molecule has 2 aromatic rings. The van der Waals surface area contributed by atoms with Crippen molar-refractivity contribution in [1.29, 1.82) is 0 Å². The highest BCUT2D eigenvalue weighted by atomic mass is 16.2. The third-order valence-corrected chi connectivity index (χ3v) is 2.78. The van der Waals surface area contributed by atoms with Gasteiger partial charge in [-0.3, -0.25) is 9.48 Å². The van der Waals surface area contributed by atoms with Crippen LogP contribution >= 0.6 is 0 Å². The van der Waals surface area contributed by atoms with Crippen molar-refractivity contribution in [2.24, 2.45) is 7.05 Å². The Morgan fingerprint density at radius 3 is 2.83 bits per heavy atom. The third-order valence-electron chi connectivity index (χ3n) is 2.78. The molecule has 2 N–H and O–H groups in total. The van der Waals surface area contributed by atoms with Crippen molar-refractivity contribution >= 4 is 5.91 Å². The molecule has 0 radical (unpaired) electrons. The minimum atomic E-state index is -0.225. The summed E-state index contributed by atoms with van der Waals surface area (Å²) in [7, 11) is 1.85. The SMILES string of the molecule is CC[C@@H](NC(=O)c1n[nH]nc1C)c1cnn(C)c1. The lowest BCUT2D eigenvalue weighted by Gasteiger charge is -2.14. The molecule has 2 heterocycles. The van der Waals surface area contributed by atoms with Crippen LogP contribution in [0.25, 0.3) is 0 Å². The number of carbonyl (C=O) groups is 1. The standard InChI is InChI=1S/C11H16N6O/c1-4-9(8-5-12-17(3)6-8)13-11(18)10-7(2)14-16-15-10/h5-6,9H,4H2,1-3H3,(H,13,18)(H,14,15,16)/t9-/m1/s1. The summed E-state index contributed by atoms with van der Waals surface area (Å²) >= 11 is 0. The first-order chi connectivity index (χ1) is 8.61. The second-order valence-electron chi connectivity index (χ2n) is 4.14. The molecule has 18 heavy (non-hydrogen) atoms. The van der Waals surface area contributed by atoms with Crippen LogP contribution in [-0.2, 0) is 7.05 Å². The number of amides is 1. The summed E-state index contributed by atoms with van der Waals surface area (Å²) in [5.74, 6) is -0.225. The highest BCUT2D eigenvalue weighted by molar-refractivity contribution is 5.93. The lowest BCUT2D eigenvalue weighted by Crippen LogP contribution is -2.28. The Kier molecular flexibility index (Phi) is 3.40. The van der Waals surface area contributed by atoms with E-state index in [-0.39, 0.29) is 11.9 Å². The van der Waals surface area contributed by atoms with Gasteiger partial charge in [-0.25, -0.2) is 0 Å². The van der Waals surface area contributed by atoms with Gasteiger partial charge in [0.2, 0.25) is 0 Å². The zero-order chi connectivity index (χ0) is 13.1. The number of H-pyrrole nitrogens is 1. The zero-order valence-electron chi connectivity index (χ0n) is 10.6. The van der Waals surface area contributed by atoms with Crippen molar-refractivity contribution in [3.05, 3.63) is 29.3 Å². The summed E-state index contributed by atoms with van der Waals surface area (Å²) < 4.78 is 1.71. The fourth-order valence-corrected chi connectivity index (χ4v) is 1.77. The highest BCUT2D eigenvalue weighted by Gasteiger charge is 2.18. The van der Waals surface area contributed by atoms with Crippen molar-refractivity contribution in [2.75, 3.05) is 0 Å². The monoisotopic (exact) mass is 248 g/mol. The first-order valence-corrected chi connectivity index (χ1v) is 5.78. The molecule has 0 aliphatic heterocycles. The predicted octanol–water partition coefficient (Wildman–Crippen LogP) is 0.728. The number of hydrogen-bond donors (Lipinski definition) is 2. The molecular weight excluding hydrogens is 232 g/mol. The molecule has 0 unspecified atom stereocenters. The number of nitrogens with one attached hydrogen (secondary N) is 2. The van der Waals surface area contributed by atoms with Crippen LogP contribution in [0.4, 0.5) is 0 Å². The Morgan fingerprint density at radius 2 is 2.33 bits per heavy atom. The van der Waals surface area contributed by atoms with Gasteiger partial charge in [-0.1, -0.05) is 6.92 Å². The second-order valence-corrected chi connectivity index (χ2v) is 4.14. The summed E-state index contributed by atoms with van der Waals surface area (Å²) in [5.41, 5.74) is 1.90. The van der Waals surface area contributed by atoms with E-state index in [1.165, 1.54) is 0 Å². The number of aromatic nitrogens is 5. The zero-order valence-corrected chi connectivity index (χ0v) is 10.6. The Bertz CT molecular complexity index is 543. The van der Waals surface area contributed by atoms with E-state index < -0.39 is 0 Å². The van der Waals surface area contributed by atoms with Crippen LogP contribution in [0.15, 0.2) is 12.4 Å². The summed E-state index contributed by atoms with van der Waals surface area (Å²) in [6, 6.07) is -0.0673. The van der Waals surface area contributed by atoms with Gasteiger partial charge in [0.05, 0.1) is 17.9 Å². The Morgan fingerprint density at radius 1 is 1.56 bits per heavy atom. The minimum Gasteiger partial charge on any atom is -0.344 e. The molecule has 2 aromatic heterocycles. The molecule has 0 saturated heterocycles. The van der Waals surface area contributed by atoms with Gasteiger partial charge in [-0.15, -0.1) is 0 Å². The van der Waals surface area contributed by atoms with Gasteiger partial charge in [0, 0.05) is 18.8 Å². The molecule has 7 nitrogen and oxygen atoms in total. The molecule has 0 spiro atoms. The molecule has 7 heteroatoms. The van der Waals surface area contributed by atoms with E-state index in [2.05, 4.69) is 25.8 Å². The number of nitrogens with zero attached hydrogens (tertiary/aromatic N) is 4. The van der Waals surface area contributed by atoms with Crippen LogP contribution in [-0.4, -0.2) is 31.1 Å². The second kappa shape index (κ2) is 4.99. The summed E-state index contributed by atoms with van der Waals surface area (Å²) in [4.78, 5) is 12.0. The summed E-state index contributed by atoms with van der Waals surface area (Å²) in [6.45, 7) is 3.75. The fourth-order valence-electron chi connectivity index (χ4n) is 1.77.